The Kier molecular flexibility index (Phi) is 4.58. The van der Waals surface area contributed by atoms with Gasteiger partial charge in [-0.2, -0.15) is 0 Å². The van der Waals surface area contributed by atoms with Crippen LogP contribution >= 0.6 is 11.6 Å². The van der Waals surface area contributed by atoms with E-state index in [2.05, 4.69) is 4.72 Å². The molecule has 0 spiro atoms. The van der Waals surface area contributed by atoms with E-state index in [0.29, 0.717) is 10.8 Å². The van der Waals surface area contributed by atoms with Crippen LogP contribution in [0.2, 0.25) is 0 Å². The maximum atomic E-state index is 12.1. The average molecular weight is 276 g/mol. The molecule has 1 aromatic carbocycles. The van der Waals surface area contributed by atoms with Crippen LogP contribution in [0, 0.1) is 13.8 Å². The van der Waals surface area contributed by atoms with E-state index >= 15 is 0 Å². The first-order valence-electron chi connectivity index (χ1n) is 5.46. The first-order valence-corrected chi connectivity index (χ1v) is 7.48. The lowest BCUT2D eigenvalue weighted by Crippen LogP contribution is -2.31. The fourth-order valence-corrected chi connectivity index (χ4v) is 3.40. The zero-order valence-electron chi connectivity index (χ0n) is 10.5. The Morgan fingerprint density at radius 3 is 2.35 bits per heavy atom. The largest absolute Gasteiger partial charge is 0.241 e. The second-order valence-corrected chi connectivity index (χ2v) is 6.40. The highest BCUT2D eigenvalue weighted by molar-refractivity contribution is 7.89. The number of hydrogen-bond donors (Lipinski definition) is 1. The van der Waals surface area contributed by atoms with Crippen LogP contribution in [0.25, 0.3) is 0 Å². The molecule has 0 heterocycles. The molecule has 0 unspecified atom stereocenters. The Hall–Kier alpha value is -0.580. The van der Waals surface area contributed by atoms with Gasteiger partial charge in [-0.3, -0.25) is 0 Å². The summed E-state index contributed by atoms with van der Waals surface area (Å²) in [6.45, 7) is 7.29. The quantitative estimate of drug-likeness (QED) is 0.859. The molecule has 0 aromatic heterocycles. The fourth-order valence-electron chi connectivity index (χ4n) is 1.63. The Bertz CT molecular complexity index is 509. The van der Waals surface area contributed by atoms with Gasteiger partial charge >= 0.3 is 0 Å². The number of alkyl halides is 1. The van der Waals surface area contributed by atoms with Crippen molar-refractivity contribution in [2.24, 2.45) is 0 Å². The summed E-state index contributed by atoms with van der Waals surface area (Å²) in [5.41, 5.74) is 2.53. The van der Waals surface area contributed by atoms with Crippen molar-refractivity contribution in [3.8, 4) is 0 Å². The molecule has 0 saturated carbocycles. The van der Waals surface area contributed by atoms with E-state index in [1.807, 2.05) is 19.9 Å². The molecule has 0 aliphatic rings. The molecular weight excluding hydrogens is 258 g/mol. The SMILES string of the molecule is Cc1cc(CCl)cc(S(=O)(=O)NC(C)C)c1C. The lowest BCUT2D eigenvalue weighted by molar-refractivity contribution is 0.569. The van der Waals surface area contributed by atoms with Crippen molar-refractivity contribution >= 4 is 21.6 Å². The normalized spacial score (nSPS) is 12.1. The Balaban J connectivity index is 3.35. The van der Waals surface area contributed by atoms with Crippen LogP contribution in [0.15, 0.2) is 17.0 Å². The molecule has 96 valence electrons. The molecule has 0 aliphatic carbocycles. The molecule has 1 N–H and O–H groups in total. The minimum absolute atomic E-state index is 0.126. The molecule has 0 saturated heterocycles. The summed E-state index contributed by atoms with van der Waals surface area (Å²) in [4.78, 5) is 0.321. The van der Waals surface area contributed by atoms with Gasteiger partial charge in [0.25, 0.3) is 0 Å². The first kappa shape index (κ1) is 14.5. The zero-order valence-corrected chi connectivity index (χ0v) is 12.1. The third-order valence-corrected chi connectivity index (χ3v) is 4.61. The molecule has 0 bridgehead atoms. The highest BCUT2D eigenvalue weighted by Gasteiger charge is 2.19. The molecule has 0 radical (unpaired) electrons. The van der Waals surface area contributed by atoms with Gasteiger partial charge in [0.05, 0.1) is 4.90 Å². The third-order valence-electron chi connectivity index (χ3n) is 2.51. The maximum Gasteiger partial charge on any atom is 0.241 e. The van der Waals surface area contributed by atoms with Crippen LogP contribution in [0.3, 0.4) is 0 Å². The van der Waals surface area contributed by atoms with Gasteiger partial charge < -0.3 is 0 Å². The zero-order chi connectivity index (χ0) is 13.2. The molecular formula is C12H18ClNO2S. The van der Waals surface area contributed by atoms with Gasteiger partial charge in [-0.1, -0.05) is 6.07 Å². The predicted molar refractivity (Wildman–Crippen MR) is 70.9 cm³/mol. The van der Waals surface area contributed by atoms with Crippen molar-refractivity contribution in [1.82, 2.24) is 4.72 Å². The summed E-state index contributed by atoms with van der Waals surface area (Å²) in [5, 5.41) is 0. The standard InChI is InChI=1S/C12H18ClNO2S/c1-8(2)14-17(15,16)12-6-11(7-13)5-9(3)10(12)4/h5-6,8,14H,7H2,1-4H3. The molecule has 17 heavy (non-hydrogen) atoms. The number of rotatable bonds is 4. The van der Waals surface area contributed by atoms with Gasteiger partial charge in [-0.15, -0.1) is 11.6 Å². The third kappa shape index (κ3) is 3.44. The number of hydrogen-bond acceptors (Lipinski definition) is 2. The van der Waals surface area contributed by atoms with Crippen molar-refractivity contribution < 1.29 is 8.42 Å². The molecule has 3 nitrogen and oxygen atoms in total. The monoisotopic (exact) mass is 275 g/mol. The molecule has 0 amide bonds. The van der Waals surface area contributed by atoms with Gasteiger partial charge in [-0.05, 0) is 50.5 Å². The van der Waals surface area contributed by atoms with Crippen LogP contribution in [-0.4, -0.2) is 14.5 Å². The second-order valence-electron chi connectivity index (χ2n) is 4.45. The maximum absolute atomic E-state index is 12.1. The molecule has 0 fully saturated rings. The average Bonchev–Trinajstić information content (AvgIpc) is 2.19. The minimum Gasteiger partial charge on any atom is -0.209 e. The van der Waals surface area contributed by atoms with E-state index in [0.717, 1.165) is 16.7 Å². The number of nitrogens with one attached hydrogen (secondary N) is 1. The van der Waals surface area contributed by atoms with E-state index in [-0.39, 0.29) is 6.04 Å². The molecule has 0 atom stereocenters. The van der Waals surface area contributed by atoms with Crippen molar-refractivity contribution in [2.45, 2.75) is 44.5 Å². The number of aryl methyl sites for hydroxylation is 1. The Labute approximate surface area is 108 Å². The topological polar surface area (TPSA) is 46.2 Å². The number of halogens is 1. The summed E-state index contributed by atoms with van der Waals surface area (Å²) >= 11 is 5.76. The van der Waals surface area contributed by atoms with Crippen molar-refractivity contribution in [1.29, 1.82) is 0 Å². The predicted octanol–water partition coefficient (Wildman–Crippen LogP) is 2.73. The summed E-state index contributed by atoms with van der Waals surface area (Å²) in [7, 11) is -3.45. The summed E-state index contributed by atoms with van der Waals surface area (Å²) in [5.74, 6) is 0.311. The van der Waals surface area contributed by atoms with Crippen molar-refractivity contribution in [3.63, 3.8) is 0 Å². The van der Waals surface area contributed by atoms with Gasteiger partial charge in [0.15, 0.2) is 0 Å². The van der Waals surface area contributed by atoms with Gasteiger partial charge in [-0.25, -0.2) is 13.1 Å². The summed E-state index contributed by atoms with van der Waals surface area (Å²) in [6, 6.07) is 3.43. The van der Waals surface area contributed by atoms with Crippen LogP contribution in [0.5, 0.6) is 0 Å². The van der Waals surface area contributed by atoms with Crippen LogP contribution < -0.4 is 4.72 Å². The van der Waals surface area contributed by atoms with E-state index in [1.54, 1.807) is 19.9 Å². The Morgan fingerprint density at radius 1 is 1.29 bits per heavy atom. The van der Waals surface area contributed by atoms with Gasteiger partial charge in [0, 0.05) is 11.9 Å². The van der Waals surface area contributed by atoms with Crippen LogP contribution in [0.1, 0.15) is 30.5 Å². The highest BCUT2D eigenvalue weighted by atomic mass is 35.5. The summed E-state index contributed by atoms with van der Waals surface area (Å²) < 4.78 is 26.8. The van der Waals surface area contributed by atoms with Crippen molar-refractivity contribution in [3.05, 3.63) is 28.8 Å². The summed E-state index contributed by atoms with van der Waals surface area (Å²) in [6.07, 6.45) is 0. The first-order chi connectivity index (χ1) is 7.77. The minimum atomic E-state index is -3.45. The lowest BCUT2D eigenvalue weighted by Gasteiger charge is -2.14. The van der Waals surface area contributed by atoms with Crippen LogP contribution in [0.4, 0.5) is 0 Å². The lowest BCUT2D eigenvalue weighted by atomic mass is 10.1. The number of benzene rings is 1. The Morgan fingerprint density at radius 2 is 1.88 bits per heavy atom. The molecule has 1 aromatic rings. The van der Waals surface area contributed by atoms with E-state index in [9.17, 15) is 8.42 Å². The van der Waals surface area contributed by atoms with E-state index < -0.39 is 10.0 Å². The number of sulfonamides is 1. The van der Waals surface area contributed by atoms with E-state index in [4.69, 9.17) is 11.6 Å². The second kappa shape index (κ2) is 5.38. The van der Waals surface area contributed by atoms with Gasteiger partial charge in [0.2, 0.25) is 10.0 Å². The highest BCUT2D eigenvalue weighted by Crippen LogP contribution is 2.22. The van der Waals surface area contributed by atoms with Crippen LogP contribution in [-0.2, 0) is 15.9 Å². The molecule has 0 aliphatic heterocycles. The van der Waals surface area contributed by atoms with Crippen molar-refractivity contribution in [2.75, 3.05) is 0 Å². The molecule has 5 heteroatoms. The van der Waals surface area contributed by atoms with E-state index in [1.165, 1.54) is 0 Å². The molecule has 1 rings (SSSR count). The smallest absolute Gasteiger partial charge is 0.209 e. The fraction of sp³-hybridized carbons (Fsp3) is 0.500. The van der Waals surface area contributed by atoms with Gasteiger partial charge in [0.1, 0.15) is 0 Å².